The van der Waals surface area contributed by atoms with Gasteiger partial charge >= 0.3 is 0 Å². The van der Waals surface area contributed by atoms with Crippen molar-refractivity contribution in [1.82, 2.24) is 4.98 Å². The Balaban J connectivity index is 2.15. The monoisotopic (exact) mass is 339 g/mol. The summed E-state index contributed by atoms with van der Waals surface area (Å²) >= 11 is 9.41. The fourth-order valence-electron chi connectivity index (χ4n) is 1.78. The summed E-state index contributed by atoms with van der Waals surface area (Å²) in [4.78, 5) is 4.23. The highest BCUT2D eigenvalue weighted by atomic mass is 79.9. The van der Waals surface area contributed by atoms with Crippen molar-refractivity contribution in [2.24, 2.45) is 0 Å². The number of rotatable bonds is 4. The molecule has 0 fully saturated rings. The van der Waals surface area contributed by atoms with E-state index in [1.807, 2.05) is 18.2 Å². The molecule has 0 saturated heterocycles. The molecule has 0 spiro atoms. The highest BCUT2D eigenvalue weighted by Crippen LogP contribution is 2.30. The van der Waals surface area contributed by atoms with Crippen LogP contribution in [-0.2, 0) is 6.61 Å². The molecule has 0 atom stereocenters. The fraction of sp³-hybridized carbons (Fsp3) is 0.267. The van der Waals surface area contributed by atoms with Crippen molar-refractivity contribution in [1.29, 1.82) is 0 Å². The SMILES string of the molecule is CC(C)c1cc(Br)ccc1OCc1cc(Cl)ccn1. The highest BCUT2D eigenvalue weighted by molar-refractivity contribution is 9.10. The van der Waals surface area contributed by atoms with Crippen LogP contribution in [0.3, 0.4) is 0 Å². The van der Waals surface area contributed by atoms with Crippen LogP contribution in [0.15, 0.2) is 41.0 Å². The molecule has 19 heavy (non-hydrogen) atoms. The van der Waals surface area contributed by atoms with Gasteiger partial charge < -0.3 is 4.74 Å². The van der Waals surface area contributed by atoms with Crippen LogP contribution in [-0.4, -0.2) is 4.98 Å². The minimum absolute atomic E-state index is 0.403. The summed E-state index contributed by atoms with van der Waals surface area (Å²) in [7, 11) is 0. The zero-order valence-corrected chi connectivity index (χ0v) is 13.2. The number of aromatic nitrogens is 1. The first kappa shape index (κ1) is 14.4. The van der Waals surface area contributed by atoms with Crippen LogP contribution >= 0.6 is 27.5 Å². The minimum Gasteiger partial charge on any atom is -0.487 e. The van der Waals surface area contributed by atoms with Crippen LogP contribution in [0.2, 0.25) is 5.02 Å². The average molecular weight is 341 g/mol. The summed E-state index contributed by atoms with van der Waals surface area (Å²) in [6.07, 6.45) is 1.69. The molecule has 0 radical (unpaired) electrons. The number of nitrogens with zero attached hydrogens (tertiary/aromatic N) is 1. The molecule has 1 aromatic heterocycles. The molecular formula is C15H15BrClNO. The van der Waals surface area contributed by atoms with Gasteiger partial charge in [-0.15, -0.1) is 0 Å². The van der Waals surface area contributed by atoms with Crippen molar-refractivity contribution < 1.29 is 4.74 Å². The second kappa shape index (κ2) is 6.40. The molecule has 1 heterocycles. The van der Waals surface area contributed by atoms with E-state index >= 15 is 0 Å². The molecule has 1 aromatic carbocycles. The maximum Gasteiger partial charge on any atom is 0.130 e. The molecule has 2 nitrogen and oxygen atoms in total. The summed E-state index contributed by atoms with van der Waals surface area (Å²) in [6.45, 7) is 4.71. The molecule has 100 valence electrons. The maximum atomic E-state index is 5.93. The van der Waals surface area contributed by atoms with Gasteiger partial charge in [0, 0.05) is 15.7 Å². The molecule has 0 aliphatic heterocycles. The van der Waals surface area contributed by atoms with Crippen LogP contribution in [0.25, 0.3) is 0 Å². The second-order valence-electron chi connectivity index (χ2n) is 4.59. The topological polar surface area (TPSA) is 22.1 Å². The third-order valence-electron chi connectivity index (χ3n) is 2.75. The van der Waals surface area contributed by atoms with E-state index in [1.54, 1.807) is 12.3 Å². The molecule has 2 rings (SSSR count). The standard InChI is InChI=1S/C15H15BrClNO/c1-10(2)14-7-11(16)3-4-15(14)19-9-13-8-12(17)5-6-18-13/h3-8,10H,9H2,1-2H3. The van der Waals surface area contributed by atoms with Gasteiger partial charge in [-0.1, -0.05) is 41.4 Å². The largest absolute Gasteiger partial charge is 0.487 e. The zero-order valence-electron chi connectivity index (χ0n) is 10.9. The van der Waals surface area contributed by atoms with Crippen molar-refractivity contribution in [3.63, 3.8) is 0 Å². The van der Waals surface area contributed by atoms with Gasteiger partial charge in [0.15, 0.2) is 0 Å². The molecule has 0 aliphatic rings. The number of ether oxygens (including phenoxy) is 1. The Morgan fingerprint density at radius 3 is 2.74 bits per heavy atom. The number of pyridine rings is 1. The van der Waals surface area contributed by atoms with Gasteiger partial charge in [-0.25, -0.2) is 0 Å². The Morgan fingerprint density at radius 2 is 2.05 bits per heavy atom. The average Bonchev–Trinajstić information content (AvgIpc) is 2.37. The van der Waals surface area contributed by atoms with Crippen molar-refractivity contribution in [2.75, 3.05) is 0 Å². The lowest BCUT2D eigenvalue weighted by Gasteiger charge is -2.14. The van der Waals surface area contributed by atoms with Crippen LogP contribution in [0.1, 0.15) is 31.0 Å². The van der Waals surface area contributed by atoms with Crippen LogP contribution in [0.4, 0.5) is 0 Å². The van der Waals surface area contributed by atoms with Gasteiger partial charge in [-0.05, 0) is 41.8 Å². The van der Waals surface area contributed by atoms with Crippen LogP contribution in [0, 0.1) is 0 Å². The summed E-state index contributed by atoms with van der Waals surface area (Å²) in [5.74, 6) is 1.29. The quantitative estimate of drug-likeness (QED) is 0.763. The first-order chi connectivity index (χ1) is 9.06. The van der Waals surface area contributed by atoms with Gasteiger partial charge in [-0.3, -0.25) is 4.98 Å². The molecule has 0 saturated carbocycles. The van der Waals surface area contributed by atoms with E-state index in [2.05, 4.69) is 40.8 Å². The van der Waals surface area contributed by atoms with E-state index in [0.29, 0.717) is 17.5 Å². The summed E-state index contributed by atoms with van der Waals surface area (Å²) in [5.41, 5.74) is 2.00. The van der Waals surface area contributed by atoms with Gasteiger partial charge in [0.05, 0.1) is 5.69 Å². The molecule has 0 bridgehead atoms. The maximum absolute atomic E-state index is 5.93. The third kappa shape index (κ3) is 3.95. The molecule has 2 aromatic rings. The first-order valence-electron chi connectivity index (χ1n) is 6.09. The fourth-order valence-corrected chi connectivity index (χ4v) is 2.34. The Kier molecular flexibility index (Phi) is 4.83. The molecule has 0 aliphatic carbocycles. The van der Waals surface area contributed by atoms with Crippen LogP contribution < -0.4 is 4.74 Å². The van der Waals surface area contributed by atoms with E-state index < -0.39 is 0 Å². The van der Waals surface area contributed by atoms with E-state index in [0.717, 1.165) is 15.9 Å². The summed E-state index contributed by atoms with van der Waals surface area (Å²) in [5, 5.41) is 0.675. The molecule has 0 unspecified atom stereocenters. The Morgan fingerprint density at radius 1 is 1.26 bits per heavy atom. The lowest BCUT2D eigenvalue weighted by Crippen LogP contribution is -2.01. The number of hydrogen-bond acceptors (Lipinski definition) is 2. The van der Waals surface area contributed by atoms with Gasteiger partial charge in [0.1, 0.15) is 12.4 Å². The minimum atomic E-state index is 0.403. The molecule has 0 amide bonds. The zero-order chi connectivity index (χ0) is 13.8. The van der Waals surface area contributed by atoms with Crippen molar-refractivity contribution in [3.05, 3.63) is 57.3 Å². The highest BCUT2D eigenvalue weighted by Gasteiger charge is 2.09. The number of benzene rings is 1. The van der Waals surface area contributed by atoms with Crippen molar-refractivity contribution >= 4 is 27.5 Å². The smallest absolute Gasteiger partial charge is 0.130 e. The molecule has 4 heteroatoms. The van der Waals surface area contributed by atoms with Gasteiger partial charge in [-0.2, -0.15) is 0 Å². The van der Waals surface area contributed by atoms with E-state index in [4.69, 9.17) is 16.3 Å². The van der Waals surface area contributed by atoms with E-state index in [9.17, 15) is 0 Å². The Bertz CT molecular complexity index is 572. The number of hydrogen-bond donors (Lipinski definition) is 0. The number of halogens is 2. The summed E-state index contributed by atoms with van der Waals surface area (Å²) in [6, 6.07) is 9.61. The Labute approximate surface area is 126 Å². The van der Waals surface area contributed by atoms with Gasteiger partial charge in [0.2, 0.25) is 0 Å². The van der Waals surface area contributed by atoms with E-state index in [1.165, 1.54) is 5.56 Å². The normalized spacial score (nSPS) is 10.8. The lowest BCUT2D eigenvalue weighted by molar-refractivity contribution is 0.297. The first-order valence-corrected chi connectivity index (χ1v) is 7.26. The van der Waals surface area contributed by atoms with Crippen molar-refractivity contribution in [2.45, 2.75) is 26.4 Å². The van der Waals surface area contributed by atoms with Crippen LogP contribution in [0.5, 0.6) is 5.75 Å². The Hall–Kier alpha value is -1.06. The molecular weight excluding hydrogens is 326 g/mol. The summed E-state index contributed by atoms with van der Waals surface area (Å²) < 4.78 is 6.91. The lowest BCUT2D eigenvalue weighted by atomic mass is 10.0. The van der Waals surface area contributed by atoms with Crippen molar-refractivity contribution in [3.8, 4) is 5.75 Å². The predicted molar refractivity (Wildman–Crippen MR) is 81.8 cm³/mol. The second-order valence-corrected chi connectivity index (χ2v) is 5.94. The third-order valence-corrected chi connectivity index (χ3v) is 3.48. The predicted octanol–water partition coefficient (Wildman–Crippen LogP) is 5.20. The van der Waals surface area contributed by atoms with Gasteiger partial charge in [0.25, 0.3) is 0 Å². The molecule has 0 N–H and O–H groups in total. The van der Waals surface area contributed by atoms with E-state index in [-0.39, 0.29) is 0 Å².